The summed E-state index contributed by atoms with van der Waals surface area (Å²) >= 11 is 0. The van der Waals surface area contributed by atoms with Crippen LogP contribution < -0.4 is 5.32 Å². The van der Waals surface area contributed by atoms with Crippen LogP contribution in [-0.2, 0) is 9.63 Å². The monoisotopic (exact) mass is 306 g/mol. The second-order valence-corrected chi connectivity index (χ2v) is 6.05. The fraction of sp³-hybridized carbons (Fsp3) is 0.500. The lowest BCUT2D eigenvalue weighted by molar-refractivity contribution is -0.152. The van der Waals surface area contributed by atoms with Crippen molar-refractivity contribution in [3.8, 4) is 0 Å². The number of hydrogen-bond acceptors (Lipinski definition) is 4. The molecule has 6 heteroatoms. The molecule has 2 atom stereocenters. The molecule has 1 fully saturated rings. The maximum atomic E-state index is 13.3. The predicted octanol–water partition coefficient (Wildman–Crippen LogP) is 2.16. The lowest BCUT2D eigenvalue weighted by Crippen LogP contribution is -2.47. The first kappa shape index (κ1) is 15.0. The molecule has 3 rings (SSSR count). The third-order valence-corrected chi connectivity index (χ3v) is 4.44. The molecule has 0 bridgehead atoms. The van der Waals surface area contributed by atoms with Crippen molar-refractivity contribution in [2.75, 3.05) is 13.1 Å². The fourth-order valence-corrected chi connectivity index (χ4v) is 3.22. The predicted molar refractivity (Wildman–Crippen MR) is 79.2 cm³/mol. The number of piperidine rings is 1. The van der Waals surface area contributed by atoms with E-state index in [1.165, 1.54) is 12.1 Å². The number of hydrogen-bond donors (Lipinski definition) is 2. The van der Waals surface area contributed by atoms with Gasteiger partial charge in [0.15, 0.2) is 0 Å². The summed E-state index contributed by atoms with van der Waals surface area (Å²) in [4.78, 5) is 17.1. The second kappa shape index (κ2) is 6.04. The third-order valence-electron chi connectivity index (χ3n) is 4.44. The van der Waals surface area contributed by atoms with E-state index in [2.05, 4.69) is 10.5 Å². The summed E-state index contributed by atoms with van der Waals surface area (Å²) in [7, 11) is 0. The summed E-state index contributed by atoms with van der Waals surface area (Å²) in [5.74, 6) is -1.11. The molecule has 0 aromatic heterocycles. The average molecular weight is 306 g/mol. The van der Waals surface area contributed by atoms with E-state index in [0.29, 0.717) is 37.1 Å². The van der Waals surface area contributed by atoms with Crippen molar-refractivity contribution in [3.63, 3.8) is 0 Å². The Morgan fingerprint density at radius 1 is 1.55 bits per heavy atom. The number of carbonyl (C=O) groups is 1. The molecule has 118 valence electrons. The molecule has 2 aliphatic rings. The van der Waals surface area contributed by atoms with Crippen molar-refractivity contribution < 1.29 is 19.1 Å². The molecular formula is C16H19FN2O3. The number of rotatable bonds is 4. The van der Waals surface area contributed by atoms with E-state index in [1.807, 2.05) is 0 Å². The molecule has 2 heterocycles. The lowest BCUT2D eigenvalue weighted by Gasteiger charge is -2.34. The molecule has 0 aliphatic carbocycles. The number of halogens is 1. The minimum atomic E-state index is -0.796. The molecule has 5 nitrogen and oxygen atoms in total. The van der Waals surface area contributed by atoms with Crippen molar-refractivity contribution >= 4 is 11.7 Å². The highest BCUT2D eigenvalue weighted by atomic mass is 19.1. The maximum absolute atomic E-state index is 13.3. The van der Waals surface area contributed by atoms with E-state index in [1.54, 1.807) is 12.1 Å². The minimum absolute atomic E-state index is 0.269. The standard InChI is InChI=1S/C16H19FN2O3/c17-12-4-1-3-11(7-12)14-8-13(22-19-14)9-16(15(20)21)5-2-6-18-10-16/h1,3-4,7,13,18H,2,5-6,8-10H2,(H,20,21)/t13-,16-/m0/s1. The van der Waals surface area contributed by atoms with Crippen molar-refractivity contribution in [1.82, 2.24) is 5.32 Å². The zero-order chi connectivity index (χ0) is 15.6. The van der Waals surface area contributed by atoms with Crippen molar-refractivity contribution in [2.45, 2.75) is 31.8 Å². The van der Waals surface area contributed by atoms with Gasteiger partial charge in [0, 0.05) is 24.9 Å². The molecule has 2 aliphatic heterocycles. The molecule has 22 heavy (non-hydrogen) atoms. The van der Waals surface area contributed by atoms with Crippen LogP contribution in [0.15, 0.2) is 29.4 Å². The molecule has 0 amide bonds. The Kier molecular flexibility index (Phi) is 4.11. The summed E-state index contributed by atoms with van der Waals surface area (Å²) in [6, 6.07) is 6.21. The van der Waals surface area contributed by atoms with Gasteiger partial charge in [0.05, 0.1) is 11.1 Å². The minimum Gasteiger partial charge on any atom is -0.481 e. The van der Waals surface area contributed by atoms with Crippen LogP contribution in [0.4, 0.5) is 4.39 Å². The van der Waals surface area contributed by atoms with Crippen LogP contribution in [0.3, 0.4) is 0 Å². The third kappa shape index (κ3) is 2.97. The molecule has 0 unspecified atom stereocenters. The number of carboxylic acid groups (broad SMARTS) is 1. The van der Waals surface area contributed by atoms with Crippen LogP contribution in [0.5, 0.6) is 0 Å². The van der Waals surface area contributed by atoms with Crippen molar-refractivity contribution in [1.29, 1.82) is 0 Å². The Morgan fingerprint density at radius 3 is 3.09 bits per heavy atom. The molecule has 1 aromatic rings. The van der Waals surface area contributed by atoms with Crippen LogP contribution in [0.1, 0.15) is 31.2 Å². The summed E-state index contributed by atoms with van der Waals surface area (Å²) in [5.41, 5.74) is 0.568. The molecule has 0 saturated carbocycles. The van der Waals surface area contributed by atoms with Crippen LogP contribution in [0.2, 0.25) is 0 Å². The van der Waals surface area contributed by atoms with Gasteiger partial charge in [0.25, 0.3) is 0 Å². The Bertz CT molecular complexity index is 597. The van der Waals surface area contributed by atoms with Gasteiger partial charge in [-0.2, -0.15) is 0 Å². The van der Waals surface area contributed by atoms with E-state index in [0.717, 1.165) is 13.0 Å². The topological polar surface area (TPSA) is 70.9 Å². The summed E-state index contributed by atoms with van der Waals surface area (Å²) in [5, 5.41) is 16.8. The van der Waals surface area contributed by atoms with Gasteiger partial charge in [-0.25, -0.2) is 4.39 Å². The highest BCUT2D eigenvalue weighted by Gasteiger charge is 2.43. The van der Waals surface area contributed by atoms with Gasteiger partial charge in [0.2, 0.25) is 0 Å². The largest absolute Gasteiger partial charge is 0.481 e. The lowest BCUT2D eigenvalue weighted by atomic mass is 9.75. The van der Waals surface area contributed by atoms with Crippen LogP contribution in [0.25, 0.3) is 0 Å². The zero-order valence-corrected chi connectivity index (χ0v) is 12.2. The van der Waals surface area contributed by atoms with Gasteiger partial charge < -0.3 is 15.3 Å². The van der Waals surface area contributed by atoms with Gasteiger partial charge in [-0.3, -0.25) is 4.79 Å². The summed E-state index contributed by atoms with van der Waals surface area (Å²) in [6.07, 6.45) is 2.14. The Balaban J connectivity index is 1.67. The quantitative estimate of drug-likeness (QED) is 0.894. The Labute approximate surface area is 128 Å². The summed E-state index contributed by atoms with van der Waals surface area (Å²) in [6.45, 7) is 1.31. The zero-order valence-electron chi connectivity index (χ0n) is 12.2. The molecule has 0 spiro atoms. The van der Waals surface area contributed by atoms with Gasteiger partial charge in [0.1, 0.15) is 11.9 Å². The number of benzene rings is 1. The fourth-order valence-electron chi connectivity index (χ4n) is 3.22. The van der Waals surface area contributed by atoms with Crippen LogP contribution >= 0.6 is 0 Å². The summed E-state index contributed by atoms with van der Waals surface area (Å²) < 4.78 is 13.3. The molecule has 0 radical (unpaired) electrons. The first-order chi connectivity index (χ1) is 10.6. The first-order valence-corrected chi connectivity index (χ1v) is 7.52. The van der Waals surface area contributed by atoms with Crippen LogP contribution in [0, 0.1) is 11.2 Å². The number of oxime groups is 1. The van der Waals surface area contributed by atoms with E-state index in [4.69, 9.17) is 4.84 Å². The van der Waals surface area contributed by atoms with Gasteiger partial charge in [-0.05, 0) is 31.5 Å². The molecule has 1 saturated heterocycles. The second-order valence-electron chi connectivity index (χ2n) is 6.05. The number of carboxylic acids is 1. The van der Waals surface area contributed by atoms with Gasteiger partial charge in [-0.1, -0.05) is 17.3 Å². The SMILES string of the molecule is O=C(O)[C@]1(C[C@@H]2CC(c3cccc(F)c3)=NO2)CCCNC1. The molecule has 2 N–H and O–H groups in total. The van der Waals surface area contributed by atoms with Crippen LogP contribution in [-0.4, -0.2) is 36.0 Å². The van der Waals surface area contributed by atoms with E-state index in [9.17, 15) is 14.3 Å². The van der Waals surface area contributed by atoms with Crippen molar-refractivity contribution in [3.05, 3.63) is 35.6 Å². The Hall–Kier alpha value is -1.95. The van der Waals surface area contributed by atoms with E-state index >= 15 is 0 Å². The molecule has 1 aromatic carbocycles. The number of nitrogens with zero attached hydrogens (tertiary/aromatic N) is 1. The van der Waals surface area contributed by atoms with E-state index < -0.39 is 11.4 Å². The molecular weight excluding hydrogens is 287 g/mol. The van der Waals surface area contributed by atoms with Gasteiger partial charge >= 0.3 is 5.97 Å². The normalized spacial score (nSPS) is 28.0. The highest BCUT2D eigenvalue weighted by Crippen LogP contribution is 2.35. The van der Waals surface area contributed by atoms with Gasteiger partial charge in [-0.15, -0.1) is 0 Å². The Morgan fingerprint density at radius 2 is 2.41 bits per heavy atom. The highest BCUT2D eigenvalue weighted by molar-refractivity contribution is 6.01. The smallest absolute Gasteiger partial charge is 0.311 e. The first-order valence-electron chi connectivity index (χ1n) is 7.52. The van der Waals surface area contributed by atoms with Crippen molar-refractivity contribution in [2.24, 2.45) is 10.6 Å². The number of aliphatic carboxylic acids is 1. The van der Waals surface area contributed by atoms with E-state index in [-0.39, 0.29) is 11.9 Å². The number of nitrogens with one attached hydrogen (secondary N) is 1. The average Bonchev–Trinajstić information content (AvgIpc) is 2.96. The maximum Gasteiger partial charge on any atom is 0.311 e.